The summed E-state index contributed by atoms with van der Waals surface area (Å²) in [5.41, 5.74) is 8.59. The van der Waals surface area contributed by atoms with Crippen LogP contribution in [0, 0.1) is 5.92 Å². The summed E-state index contributed by atoms with van der Waals surface area (Å²) in [5.74, 6) is 0.762. The van der Waals surface area contributed by atoms with E-state index < -0.39 is 0 Å². The molecule has 2 atom stereocenters. The molecule has 2 aliphatic carbocycles. The Hall–Kier alpha value is -3.04. The largest absolute Gasteiger partial charge is 0.348 e. The van der Waals surface area contributed by atoms with Crippen molar-refractivity contribution in [2.45, 2.75) is 70.0 Å². The zero-order chi connectivity index (χ0) is 25.6. The van der Waals surface area contributed by atoms with Crippen LogP contribution in [-0.4, -0.2) is 64.9 Å². The smallest absolute Gasteiger partial charge is 0.251 e. The van der Waals surface area contributed by atoms with Crippen molar-refractivity contribution >= 4 is 23.5 Å². The molecule has 1 aromatic carbocycles. The van der Waals surface area contributed by atoms with Crippen molar-refractivity contribution in [2.24, 2.45) is 11.7 Å². The number of hydrogen-bond donors (Lipinski definition) is 3. The maximum absolute atomic E-state index is 13.1. The molecule has 1 aliphatic heterocycles. The van der Waals surface area contributed by atoms with Gasteiger partial charge in [-0.05, 0) is 49.4 Å². The van der Waals surface area contributed by atoms with Crippen molar-refractivity contribution in [1.29, 1.82) is 0 Å². The number of rotatable bonds is 7. The van der Waals surface area contributed by atoms with E-state index in [0.717, 1.165) is 94.7 Å². The van der Waals surface area contributed by atoms with E-state index in [-0.39, 0.29) is 29.8 Å². The van der Waals surface area contributed by atoms with Gasteiger partial charge in [-0.3, -0.25) is 14.5 Å². The lowest BCUT2D eigenvalue weighted by Gasteiger charge is -2.35. The molecular formula is C28H39N7O2. The van der Waals surface area contributed by atoms with Crippen molar-refractivity contribution in [3.63, 3.8) is 0 Å². The molecule has 2 aromatic rings. The van der Waals surface area contributed by atoms with Gasteiger partial charge in [-0.15, -0.1) is 0 Å². The predicted molar refractivity (Wildman–Crippen MR) is 144 cm³/mol. The van der Waals surface area contributed by atoms with E-state index in [4.69, 9.17) is 5.73 Å². The van der Waals surface area contributed by atoms with Crippen LogP contribution in [0.3, 0.4) is 0 Å². The number of benzene rings is 1. The van der Waals surface area contributed by atoms with Crippen molar-refractivity contribution in [3.8, 4) is 0 Å². The molecule has 0 radical (unpaired) electrons. The molecule has 198 valence electrons. The van der Waals surface area contributed by atoms with Crippen molar-refractivity contribution in [3.05, 3.63) is 47.8 Å². The van der Waals surface area contributed by atoms with Crippen LogP contribution < -0.4 is 21.3 Å². The lowest BCUT2D eigenvalue weighted by atomic mass is 9.91. The number of anilines is 2. The minimum atomic E-state index is -0.123. The lowest BCUT2D eigenvalue weighted by molar-refractivity contribution is -0.119. The summed E-state index contributed by atoms with van der Waals surface area (Å²) in [4.78, 5) is 39.5. The Morgan fingerprint density at radius 1 is 0.946 bits per heavy atom. The fraction of sp³-hybridized carbons (Fsp3) is 0.571. The fourth-order valence-electron chi connectivity index (χ4n) is 5.79. The SMILES string of the molecule is NC1CCCCC1NC(=O)c1ccc(CN2CCN(c3ncccn3)CC2)c(NC(=O)C2CCCC2)c1. The van der Waals surface area contributed by atoms with Gasteiger partial charge in [0.25, 0.3) is 5.91 Å². The highest BCUT2D eigenvalue weighted by Gasteiger charge is 2.27. The topological polar surface area (TPSA) is 116 Å². The second kappa shape index (κ2) is 12.0. The van der Waals surface area contributed by atoms with Gasteiger partial charge in [0.05, 0.1) is 0 Å². The molecule has 5 rings (SSSR count). The molecule has 2 heterocycles. The van der Waals surface area contributed by atoms with Crippen LogP contribution in [0.4, 0.5) is 11.6 Å². The number of aromatic nitrogens is 2. The molecule has 2 saturated carbocycles. The Morgan fingerprint density at radius 3 is 2.38 bits per heavy atom. The summed E-state index contributed by atoms with van der Waals surface area (Å²) >= 11 is 0. The molecule has 0 bridgehead atoms. The highest BCUT2D eigenvalue weighted by Crippen LogP contribution is 2.28. The van der Waals surface area contributed by atoms with Crippen LogP contribution >= 0.6 is 0 Å². The summed E-state index contributed by atoms with van der Waals surface area (Å²) < 4.78 is 0. The first-order chi connectivity index (χ1) is 18.1. The average Bonchev–Trinajstić information content (AvgIpc) is 3.47. The number of nitrogens with zero attached hydrogens (tertiary/aromatic N) is 4. The number of carbonyl (C=O) groups excluding carboxylic acids is 2. The van der Waals surface area contributed by atoms with Gasteiger partial charge >= 0.3 is 0 Å². The molecule has 9 heteroatoms. The summed E-state index contributed by atoms with van der Waals surface area (Å²) in [6, 6.07) is 7.54. The Morgan fingerprint density at radius 2 is 1.65 bits per heavy atom. The number of hydrogen-bond acceptors (Lipinski definition) is 7. The molecule has 3 fully saturated rings. The van der Waals surface area contributed by atoms with Gasteiger partial charge in [-0.2, -0.15) is 0 Å². The third-order valence-electron chi connectivity index (χ3n) is 8.09. The van der Waals surface area contributed by atoms with Crippen LogP contribution in [0.1, 0.15) is 67.3 Å². The molecule has 2 amide bonds. The number of nitrogens with two attached hydrogens (primary N) is 1. The third kappa shape index (κ3) is 6.45. The zero-order valence-electron chi connectivity index (χ0n) is 21.6. The molecule has 0 spiro atoms. The predicted octanol–water partition coefficient (Wildman–Crippen LogP) is 2.93. The standard InChI is InChI=1S/C28H39N7O2/c29-23-8-3-4-9-24(23)32-27(37)21-10-11-22(25(18-21)33-26(36)20-6-1-2-7-20)19-34-14-16-35(17-15-34)28-30-12-5-13-31-28/h5,10-13,18,20,23-24H,1-4,6-9,14-17,19,29H2,(H,32,37)(H,33,36). The van der Waals surface area contributed by atoms with Crippen molar-refractivity contribution < 1.29 is 9.59 Å². The van der Waals surface area contributed by atoms with Gasteiger partial charge in [-0.1, -0.05) is 31.7 Å². The monoisotopic (exact) mass is 505 g/mol. The highest BCUT2D eigenvalue weighted by molar-refractivity contribution is 5.98. The summed E-state index contributed by atoms with van der Waals surface area (Å²) in [5, 5.41) is 6.32. The van der Waals surface area contributed by atoms with E-state index in [1.54, 1.807) is 12.4 Å². The Kier molecular flexibility index (Phi) is 8.31. The minimum Gasteiger partial charge on any atom is -0.348 e. The van der Waals surface area contributed by atoms with E-state index in [0.29, 0.717) is 12.1 Å². The number of nitrogens with one attached hydrogen (secondary N) is 2. The first-order valence-corrected chi connectivity index (χ1v) is 13.8. The third-order valence-corrected chi connectivity index (χ3v) is 8.09. The van der Waals surface area contributed by atoms with Crippen LogP contribution in [0.5, 0.6) is 0 Å². The second-order valence-corrected chi connectivity index (χ2v) is 10.7. The molecule has 2 unspecified atom stereocenters. The Labute approximate surface area is 219 Å². The Balaban J connectivity index is 1.28. The quantitative estimate of drug-likeness (QED) is 0.530. The van der Waals surface area contributed by atoms with Crippen LogP contribution in [0.2, 0.25) is 0 Å². The van der Waals surface area contributed by atoms with Gasteiger partial charge in [0.2, 0.25) is 11.9 Å². The summed E-state index contributed by atoms with van der Waals surface area (Å²) in [6.45, 7) is 4.14. The summed E-state index contributed by atoms with van der Waals surface area (Å²) in [6.07, 6.45) is 11.7. The second-order valence-electron chi connectivity index (χ2n) is 10.7. The van der Waals surface area contributed by atoms with E-state index in [2.05, 4.69) is 30.4 Å². The van der Waals surface area contributed by atoms with Gasteiger partial charge < -0.3 is 21.3 Å². The molecule has 9 nitrogen and oxygen atoms in total. The van der Waals surface area contributed by atoms with Gasteiger partial charge in [0, 0.05) is 74.4 Å². The maximum Gasteiger partial charge on any atom is 0.251 e. The van der Waals surface area contributed by atoms with Gasteiger partial charge in [-0.25, -0.2) is 9.97 Å². The first-order valence-electron chi connectivity index (χ1n) is 13.8. The Bertz CT molecular complexity index is 1070. The number of piperazine rings is 1. The first kappa shape index (κ1) is 25.6. The van der Waals surface area contributed by atoms with Gasteiger partial charge in [0.1, 0.15) is 0 Å². The molecule has 37 heavy (non-hydrogen) atoms. The van der Waals surface area contributed by atoms with Gasteiger partial charge in [0.15, 0.2) is 0 Å². The molecule has 3 aliphatic rings. The van der Waals surface area contributed by atoms with Crippen molar-refractivity contribution in [1.82, 2.24) is 20.2 Å². The lowest BCUT2D eigenvalue weighted by Crippen LogP contribution is -2.49. The molecule has 1 saturated heterocycles. The average molecular weight is 506 g/mol. The highest BCUT2D eigenvalue weighted by atomic mass is 16.2. The normalized spacial score (nSPS) is 23.1. The molecule has 4 N–H and O–H groups in total. The minimum absolute atomic E-state index is 0.00142. The summed E-state index contributed by atoms with van der Waals surface area (Å²) in [7, 11) is 0. The maximum atomic E-state index is 13.1. The van der Waals surface area contributed by atoms with E-state index in [1.165, 1.54) is 0 Å². The molecular weight excluding hydrogens is 466 g/mol. The van der Waals surface area contributed by atoms with E-state index in [9.17, 15) is 9.59 Å². The number of amides is 2. The molecule has 1 aromatic heterocycles. The van der Waals surface area contributed by atoms with E-state index in [1.807, 2.05) is 24.3 Å². The fourth-order valence-corrected chi connectivity index (χ4v) is 5.79. The van der Waals surface area contributed by atoms with Crippen LogP contribution in [0.15, 0.2) is 36.7 Å². The van der Waals surface area contributed by atoms with Crippen LogP contribution in [-0.2, 0) is 11.3 Å². The number of carbonyl (C=O) groups is 2. The van der Waals surface area contributed by atoms with Crippen LogP contribution in [0.25, 0.3) is 0 Å². The zero-order valence-corrected chi connectivity index (χ0v) is 21.6. The van der Waals surface area contributed by atoms with Crippen molar-refractivity contribution in [2.75, 3.05) is 36.4 Å². The van der Waals surface area contributed by atoms with E-state index >= 15 is 0 Å².